The van der Waals surface area contributed by atoms with Gasteiger partial charge in [-0.1, -0.05) is 11.8 Å². The highest BCUT2D eigenvalue weighted by molar-refractivity contribution is 7.98. The molecule has 5 nitrogen and oxygen atoms in total. The first kappa shape index (κ1) is 26.9. The van der Waals surface area contributed by atoms with Crippen molar-refractivity contribution in [2.75, 3.05) is 48.2 Å². The molecule has 2 aromatic rings. The van der Waals surface area contributed by atoms with E-state index >= 15 is 0 Å². The number of methoxy groups -OCH3 is 2. The standard InChI is InChI=1S/C19H31N3O2S.2HI/c1-21-14-11-12-15(23-5)18(24-6)17(14)19(25-7)20-16(21)10-8-9-13-22(2,3)4;;/h11-12H,8-10,13H2,1-7H3;2*1H/q+2;;/p-2. The van der Waals surface area contributed by atoms with Crippen molar-refractivity contribution >= 4 is 22.7 Å². The van der Waals surface area contributed by atoms with E-state index in [0.717, 1.165) is 50.6 Å². The Balaban J connectivity index is 0.00000338. The average Bonchev–Trinajstić information content (AvgIpc) is 2.58. The van der Waals surface area contributed by atoms with E-state index in [1.165, 1.54) is 13.0 Å². The van der Waals surface area contributed by atoms with Crippen LogP contribution in [0.4, 0.5) is 0 Å². The molecule has 0 saturated carbocycles. The third-order valence-corrected chi connectivity index (χ3v) is 5.07. The summed E-state index contributed by atoms with van der Waals surface area (Å²) in [6.07, 6.45) is 5.38. The summed E-state index contributed by atoms with van der Waals surface area (Å²) in [4.78, 5) is 4.92. The number of nitrogens with zero attached hydrogens (tertiary/aromatic N) is 3. The zero-order valence-corrected chi connectivity index (χ0v) is 22.4. The Morgan fingerprint density at radius 1 is 1.07 bits per heavy atom. The number of hydrogen-bond donors (Lipinski definition) is 0. The van der Waals surface area contributed by atoms with E-state index in [4.69, 9.17) is 14.5 Å². The van der Waals surface area contributed by atoms with Gasteiger partial charge in [0.15, 0.2) is 11.5 Å². The van der Waals surface area contributed by atoms with E-state index in [1.54, 1.807) is 26.0 Å². The van der Waals surface area contributed by atoms with Crippen molar-refractivity contribution in [3.05, 3.63) is 18.0 Å². The quantitative estimate of drug-likeness (QED) is 0.0782. The minimum Gasteiger partial charge on any atom is -1.00 e. The lowest BCUT2D eigenvalue weighted by Gasteiger charge is -2.23. The number of aromatic nitrogens is 2. The number of unbranched alkanes of at least 4 members (excludes halogenated alkanes) is 1. The van der Waals surface area contributed by atoms with Crippen LogP contribution in [0.1, 0.15) is 18.7 Å². The molecule has 8 heteroatoms. The van der Waals surface area contributed by atoms with Crippen LogP contribution in [0.5, 0.6) is 11.5 Å². The lowest BCUT2D eigenvalue weighted by molar-refractivity contribution is -0.870. The molecule has 1 aromatic heterocycles. The molecule has 0 unspecified atom stereocenters. The first-order valence-electron chi connectivity index (χ1n) is 8.60. The van der Waals surface area contributed by atoms with Crippen molar-refractivity contribution in [1.29, 1.82) is 0 Å². The molecule has 0 radical (unpaired) electrons. The van der Waals surface area contributed by atoms with Crippen LogP contribution < -0.4 is 62.0 Å². The molecular formula is C19H31I2N3O2S. The molecule has 0 aliphatic rings. The fourth-order valence-electron chi connectivity index (χ4n) is 3.03. The third kappa shape index (κ3) is 6.74. The van der Waals surface area contributed by atoms with Gasteiger partial charge in [-0.15, -0.1) is 0 Å². The lowest BCUT2D eigenvalue weighted by atomic mass is 10.1. The third-order valence-electron chi connectivity index (χ3n) is 4.39. The van der Waals surface area contributed by atoms with E-state index in [0.29, 0.717) is 0 Å². The molecule has 154 valence electrons. The van der Waals surface area contributed by atoms with Gasteiger partial charge in [-0.2, -0.15) is 0 Å². The number of thioether (sulfide) groups is 1. The van der Waals surface area contributed by atoms with Crippen LogP contribution in [0.3, 0.4) is 0 Å². The molecule has 0 amide bonds. The van der Waals surface area contributed by atoms with E-state index < -0.39 is 0 Å². The predicted octanol–water partition coefficient (Wildman–Crippen LogP) is -3.16. The largest absolute Gasteiger partial charge is 1.00 e. The molecule has 0 bridgehead atoms. The number of aryl methyl sites for hydroxylation is 2. The van der Waals surface area contributed by atoms with Gasteiger partial charge in [0.05, 0.1) is 55.4 Å². The Morgan fingerprint density at radius 2 is 1.74 bits per heavy atom. The molecule has 1 heterocycles. The topological polar surface area (TPSA) is 35.2 Å². The lowest BCUT2D eigenvalue weighted by Crippen LogP contribution is -3.00. The molecule has 0 saturated heterocycles. The fraction of sp³-hybridized carbons (Fsp3) is 0.579. The second-order valence-corrected chi connectivity index (χ2v) is 8.06. The van der Waals surface area contributed by atoms with Crippen molar-refractivity contribution < 1.29 is 66.5 Å². The van der Waals surface area contributed by atoms with Crippen LogP contribution in [0, 0.1) is 0 Å². The monoisotopic (exact) mass is 619 g/mol. The second kappa shape index (κ2) is 11.8. The Kier molecular flexibility index (Phi) is 11.8. The molecule has 0 spiro atoms. The van der Waals surface area contributed by atoms with Crippen LogP contribution in [-0.4, -0.2) is 57.6 Å². The Bertz CT molecular complexity index is 752. The number of rotatable bonds is 8. The number of halogens is 2. The van der Waals surface area contributed by atoms with Gasteiger partial charge in [0.2, 0.25) is 5.03 Å². The Hall–Kier alpha value is -0.0700. The Morgan fingerprint density at radius 3 is 2.26 bits per heavy atom. The van der Waals surface area contributed by atoms with E-state index in [1.807, 2.05) is 6.07 Å². The van der Waals surface area contributed by atoms with Gasteiger partial charge in [-0.3, -0.25) is 0 Å². The van der Waals surface area contributed by atoms with E-state index in [9.17, 15) is 0 Å². The molecule has 2 rings (SSSR count). The SMILES string of the molecule is COc1ccc2c(c(SC)nc(CCCC[N+](C)(C)C)[n+]2C)c1OC.[I-].[I-]. The molecule has 0 N–H and O–H groups in total. The van der Waals surface area contributed by atoms with Gasteiger partial charge >= 0.3 is 0 Å². The zero-order valence-electron chi connectivity index (χ0n) is 17.3. The average molecular weight is 619 g/mol. The molecule has 0 aliphatic heterocycles. The number of hydrogen-bond acceptors (Lipinski definition) is 4. The van der Waals surface area contributed by atoms with Crippen molar-refractivity contribution in [2.24, 2.45) is 7.05 Å². The first-order valence-corrected chi connectivity index (χ1v) is 9.83. The Labute approximate surface area is 201 Å². The maximum absolute atomic E-state index is 5.63. The summed E-state index contributed by atoms with van der Waals surface area (Å²) in [7, 11) is 12.1. The minimum atomic E-state index is 0. The summed E-state index contributed by atoms with van der Waals surface area (Å²) in [5, 5.41) is 2.01. The maximum Gasteiger partial charge on any atom is 0.300 e. The highest BCUT2D eigenvalue weighted by Gasteiger charge is 2.24. The summed E-state index contributed by atoms with van der Waals surface area (Å²) in [5.41, 5.74) is 1.12. The minimum absolute atomic E-state index is 0. The summed E-state index contributed by atoms with van der Waals surface area (Å²) >= 11 is 1.65. The number of fused-ring (bicyclic) bond motifs is 1. The first-order chi connectivity index (χ1) is 11.8. The van der Waals surface area contributed by atoms with Gasteiger partial charge in [-0.05, 0) is 36.2 Å². The normalized spacial score (nSPS) is 10.9. The molecule has 0 fully saturated rings. The highest BCUT2D eigenvalue weighted by atomic mass is 127. The second-order valence-electron chi connectivity index (χ2n) is 7.26. The fourth-order valence-corrected chi connectivity index (χ4v) is 3.63. The van der Waals surface area contributed by atoms with Crippen molar-refractivity contribution in [3.8, 4) is 11.5 Å². The number of benzene rings is 1. The van der Waals surface area contributed by atoms with Gasteiger partial charge in [0.25, 0.3) is 5.82 Å². The smallest absolute Gasteiger partial charge is 0.300 e. The van der Waals surface area contributed by atoms with Crippen LogP contribution in [0.25, 0.3) is 10.9 Å². The molecule has 27 heavy (non-hydrogen) atoms. The molecule has 0 aliphatic carbocycles. The van der Waals surface area contributed by atoms with Crippen molar-refractivity contribution in [2.45, 2.75) is 24.3 Å². The number of ether oxygens (including phenoxy) is 2. The summed E-state index contributed by atoms with van der Waals surface area (Å²) < 4.78 is 14.3. The van der Waals surface area contributed by atoms with E-state index in [2.05, 4.69) is 45.1 Å². The van der Waals surface area contributed by atoms with Gasteiger partial charge < -0.3 is 61.9 Å². The van der Waals surface area contributed by atoms with Crippen LogP contribution in [0.2, 0.25) is 0 Å². The van der Waals surface area contributed by atoms with Gasteiger partial charge in [0.1, 0.15) is 10.9 Å². The summed E-state index contributed by atoms with van der Waals surface area (Å²) in [6.45, 7) is 1.18. The van der Waals surface area contributed by atoms with Crippen molar-refractivity contribution in [1.82, 2.24) is 4.98 Å². The predicted molar refractivity (Wildman–Crippen MR) is 104 cm³/mol. The molecular weight excluding hydrogens is 588 g/mol. The zero-order chi connectivity index (χ0) is 18.6. The van der Waals surface area contributed by atoms with E-state index in [-0.39, 0.29) is 48.0 Å². The molecule has 0 atom stereocenters. The van der Waals surface area contributed by atoms with Crippen molar-refractivity contribution in [3.63, 3.8) is 0 Å². The van der Waals surface area contributed by atoms with Crippen LogP contribution in [-0.2, 0) is 13.5 Å². The highest BCUT2D eigenvalue weighted by Crippen LogP contribution is 2.38. The van der Waals surface area contributed by atoms with Crippen LogP contribution >= 0.6 is 11.8 Å². The maximum atomic E-state index is 5.63. The summed E-state index contributed by atoms with van der Waals surface area (Å²) in [6, 6.07) is 4.06. The summed E-state index contributed by atoms with van der Waals surface area (Å²) in [5.74, 6) is 2.61. The van der Waals surface area contributed by atoms with Gasteiger partial charge in [-0.25, -0.2) is 4.57 Å². The van der Waals surface area contributed by atoms with Crippen LogP contribution in [0.15, 0.2) is 17.2 Å². The molecule has 1 aromatic carbocycles. The van der Waals surface area contributed by atoms with Gasteiger partial charge in [0, 0.05) is 0 Å². The number of quaternary nitrogens is 1.